The molecule has 0 fully saturated rings. The Kier molecular flexibility index (Phi) is 13.7. The topological polar surface area (TPSA) is 197 Å². The van der Waals surface area contributed by atoms with E-state index in [9.17, 15) is 41.1 Å². The Morgan fingerprint density at radius 3 is 2.25 bits per heavy atom. The fourth-order valence-electron chi connectivity index (χ4n) is 7.57. The number of amides is 2. The second-order valence-corrected chi connectivity index (χ2v) is 19.6. The van der Waals surface area contributed by atoms with Crippen LogP contribution in [0.4, 0.5) is 18.3 Å². The zero-order chi connectivity index (χ0) is 48.5. The molecule has 2 aliphatic rings. The number of nitrogens with one attached hydrogen (secondary N) is 2. The van der Waals surface area contributed by atoms with E-state index in [1.54, 1.807) is 108 Å². The highest BCUT2D eigenvalue weighted by Gasteiger charge is 2.44. The molecule has 2 amide bonds. The summed E-state index contributed by atoms with van der Waals surface area (Å²) in [5, 5.41) is 23.7. The number of carbonyl (C=O) groups is 3. The number of fused-ring (bicyclic) bond motifs is 2. The summed E-state index contributed by atoms with van der Waals surface area (Å²) in [5.74, 6) is -3.58. The van der Waals surface area contributed by atoms with E-state index in [2.05, 4.69) is 16.4 Å². The third-order valence-corrected chi connectivity index (χ3v) is 15.3. The highest BCUT2D eigenvalue weighted by atomic mass is 35.5. The van der Waals surface area contributed by atoms with Crippen LogP contribution in [0.1, 0.15) is 45.2 Å². The van der Waals surface area contributed by atoms with Gasteiger partial charge in [-0.1, -0.05) is 89.1 Å². The first-order valence-electron chi connectivity index (χ1n) is 20.5. The molecule has 5 aromatic carbocycles. The van der Waals surface area contributed by atoms with Gasteiger partial charge in [0.1, 0.15) is 31.0 Å². The van der Waals surface area contributed by atoms with Crippen LogP contribution in [0.15, 0.2) is 107 Å². The van der Waals surface area contributed by atoms with Gasteiger partial charge in [0.25, 0.3) is 10.0 Å². The molecule has 2 aliphatic heterocycles. The maximum atomic E-state index is 14.6. The lowest BCUT2D eigenvalue weighted by Crippen LogP contribution is -2.55. The molecule has 14 nitrogen and oxygen atoms in total. The van der Waals surface area contributed by atoms with Crippen molar-refractivity contribution in [2.24, 2.45) is 0 Å². The zero-order valence-electron chi connectivity index (χ0n) is 35.3. The molecule has 0 aliphatic carbocycles. The number of aliphatic carboxylic acids is 1. The number of halogens is 5. The van der Waals surface area contributed by atoms with Crippen LogP contribution in [0.25, 0.3) is 11.1 Å². The summed E-state index contributed by atoms with van der Waals surface area (Å²) in [5.41, 5.74) is 4.82. The maximum Gasteiger partial charge on any atom is 0.471 e. The van der Waals surface area contributed by atoms with Gasteiger partial charge in [-0.25, -0.2) is 18.2 Å². The number of carboxylic acids is 1. The number of thiazole rings is 1. The predicted molar refractivity (Wildman–Crippen MR) is 244 cm³/mol. The quantitative estimate of drug-likeness (QED) is 0.1000. The number of hydrogen-bond acceptors (Lipinski definition) is 11. The van der Waals surface area contributed by atoms with Gasteiger partial charge in [-0.15, -0.1) is 0 Å². The van der Waals surface area contributed by atoms with Crippen molar-refractivity contribution in [2.45, 2.75) is 61.5 Å². The minimum atomic E-state index is -5.29. The Labute approximate surface area is 400 Å². The number of anilines is 1. The second kappa shape index (κ2) is 19.5. The number of nitriles is 1. The van der Waals surface area contributed by atoms with E-state index < -0.39 is 68.1 Å². The van der Waals surface area contributed by atoms with Crippen molar-refractivity contribution in [2.75, 3.05) is 11.9 Å². The molecule has 68 heavy (non-hydrogen) atoms. The van der Waals surface area contributed by atoms with Crippen molar-refractivity contribution in [3.8, 4) is 34.4 Å². The molecule has 350 valence electrons. The number of sulfonamides is 1. The molecule has 1 aromatic heterocycles. The van der Waals surface area contributed by atoms with E-state index >= 15 is 0 Å². The van der Waals surface area contributed by atoms with Crippen molar-refractivity contribution in [1.29, 1.82) is 5.26 Å². The summed E-state index contributed by atoms with van der Waals surface area (Å²) in [4.78, 5) is 42.6. The summed E-state index contributed by atoms with van der Waals surface area (Å²) >= 11 is 12.4. The van der Waals surface area contributed by atoms with Gasteiger partial charge in [0.2, 0.25) is 5.91 Å². The van der Waals surface area contributed by atoms with Crippen LogP contribution in [0, 0.1) is 18.3 Å². The summed E-state index contributed by atoms with van der Waals surface area (Å²) in [6, 6.07) is 28.3. The van der Waals surface area contributed by atoms with Gasteiger partial charge in [0, 0.05) is 13.0 Å². The Morgan fingerprint density at radius 2 is 1.60 bits per heavy atom. The van der Waals surface area contributed by atoms with Crippen LogP contribution < -0.4 is 24.8 Å². The number of rotatable bonds is 13. The van der Waals surface area contributed by atoms with Gasteiger partial charge < -0.3 is 24.6 Å². The van der Waals surface area contributed by atoms with E-state index in [0.717, 1.165) is 26.6 Å². The number of carboxylic acid groups (broad SMARTS) is 1. The van der Waals surface area contributed by atoms with Crippen LogP contribution in [0.2, 0.25) is 10.0 Å². The van der Waals surface area contributed by atoms with Crippen molar-refractivity contribution >= 4 is 67.5 Å². The maximum absolute atomic E-state index is 14.6. The van der Waals surface area contributed by atoms with Crippen molar-refractivity contribution in [3.05, 3.63) is 152 Å². The molecule has 0 saturated carbocycles. The van der Waals surface area contributed by atoms with Gasteiger partial charge in [-0.05, 0) is 101 Å². The van der Waals surface area contributed by atoms with Gasteiger partial charge in [0.15, 0.2) is 26.9 Å². The fourth-order valence-corrected chi connectivity index (χ4v) is 11.0. The Bertz CT molecular complexity index is 3080. The van der Waals surface area contributed by atoms with Crippen LogP contribution in [-0.4, -0.2) is 65.5 Å². The van der Waals surface area contributed by atoms with Crippen LogP contribution in [-0.2, 0) is 50.4 Å². The van der Waals surface area contributed by atoms with Crippen LogP contribution in [0.5, 0.6) is 17.2 Å². The van der Waals surface area contributed by atoms with Crippen molar-refractivity contribution in [1.82, 2.24) is 14.6 Å². The minimum Gasteiger partial charge on any atom is -0.489 e. The Hall–Kier alpha value is -6.69. The molecule has 1 unspecified atom stereocenters. The molecular formula is C47H36Cl2F3N5O9S2. The lowest BCUT2D eigenvalue weighted by Gasteiger charge is -2.36. The first kappa shape index (κ1) is 47.8. The lowest BCUT2D eigenvalue weighted by molar-refractivity contribution is -0.167. The SMILES string of the molecule is Cc1nc(NC(=O)C(F)(F)F)sc1S(=O)(=O)N1Cc2cc3c(cc2CC1C(=O)N[C@@H](Cc1ccc(-c2ccc(C#N)cc2)cc1)C(=O)O)OC[C@H](c1ccc(OCc2ccc(Cl)c(Cl)c2)cc1)O3. The average Bonchev–Trinajstić information content (AvgIpc) is 3.70. The van der Waals surface area contributed by atoms with Gasteiger partial charge in [-0.3, -0.25) is 14.9 Å². The monoisotopic (exact) mass is 1010 g/mol. The smallest absolute Gasteiger partial charge is 0.471 e. The molecule has 21 heteroatoms. The molecule has 0 radical (unpaired) electrons. The van der Waals surface area contributed by atoms with E-state index in [1.165, 1.54) is 6.92 Å². The molecule has 0 bridgehead atoms. The van der Waals surface area contributed by atoms with Crippen molar-refractivity contribution < 1.29 is 55.3 Å². The number of aryl methyl sites for hydroxylation is 1. The number of ether oxygens (including phenoxy) is 3. The Morgan fingerprint density at radius 1 is 0.941 bits per heavy atom. The van der Waals surface area contributed by atoms with Gasteiger partial charge in [0.05, 0.1) is 27.4 Å². The largest absolute Gasteiger partial charge is 0.489 e. The Balaban J connectivity index is 1.04. The minimum absolute atomic E-state index is 0.0896. The average molecular weight is 1010 g/mol. The fraction of sp³-hybridized carbons (Fsp3) is 0.213. The summed E-state index contributed by atoms with van der Waals surface area (Å²) in [7, 11) is -4.80. The third kappa shape index (κ3) is 10.5. The molecule has 3 atom stereocenters. The standard InChI is InChI=1S/C47H36Cl2F3N5O9S2/c1-25-44(67-46(54-25)56-45(61)47(50,51)52)68(62,63)57-22-33-20-40-39(65-24-41(66-40)31-11-13-34(14-12-31)64-23-28-6-15-35(48)36(49)16-28)19-32(33)18-38(57)42(58)55-37(43(59)60)17-26-2-7-29(8-3-26)30-9-4-27(21-53)5-10-30/h2-16,19-20,37-38,41H,17-18,22-24H2,1H3,(H,55,58)(H,59,60)(H,54,56,61)/t37-,38?,41+/m0/s1. The van der Waals surface area contributed by atoms with Crippen LogP contribution >= 0.6 is 34.5 Å². The summed E-state index contributed by atoms with van der Waals surface area (Å²) in [6.45, 7) is 1.09. The number of aromatic nitrogens is 1. The van der Waals surface area contributed by atoms with Gasteiger partial charge in [-0.2, -0.15) is 22.7 Å². The van der Waals surface area contributed by atoms with Crippen LogP contribution in [0.3, 0.4) is 0 Å². The number of benzene rings is 5. The van der Waals surface area contributed by atoms with E-state index in [0.29, 0.717) is 43.8 Å². The normalized spacial score (nSPS) is 16.2. The van der Waals surface area contributed by atoms with Crippen molar-refractivity contribution in [3.63, 3.8) is 0 Å². The number of alkyl halides is 3. The van der Waals surface area contributed by atoms with E-state index in [-0.39, 0.29) is 48.8 Å². The zero-order valence-corrected chi connectivity index (χ0v) is 38.5. The third-order valence-electron chi connectivity index (χ3n) is 11.1. The van der Waals surface area contributed by atoms with E-state index in [4.69, 9.17) is 42.7 Å². The molecule has 3 N–H and O–H groups in total. The van der Waals surface area contributed by atoms with Gasteiger partial charge >= 0.3 is 18.1 Å². The molecule has 0 spiro atoms. The molecular weight excluding hydrogens is 971 g/mol. The molecule has 6 aromatic rings. The molecule has 3 heterocycles. The number of hydrogen-bond donors (Lipinski definition) is 3. The highest BCUT2D eigenvalue weighted by molar-refractivity contribution is 7.91. The lowest BCUT2D eigenvalue weighted by atomic mass is 9.94. The highest BCUT2D eigenvalue weighted by Crippen LogP contribution is 2.43. The second-order valence-electron chi connectivity index (χ2n) is 15.7. The van der Waals surface area contributed by atoms with E-state index in [1.807, 2.05) is 0 Å². The first-order valence-corrected chi connectivity index (χ1v) is 23.5. The first-order chi connectivity index (χ1) is 32.4. The molecule has 8 rings (SSSR count). The molecule has 0 saturated heterocycles. The summed E-state index contributed by atoms with van der Waals surface area (Å²) < 4.78 is 87.3. The summed E-state index contributed by atoms with van der Waals surface area (Å²) in [6.07, 6.45) is -6.35. The number of nitrogens with zero attached hydrogens (tertiary/aromatic N) is 3. The predicted octanol–water partition coefficient (Wildman–Crippen LogP) is 8.82. The number of carbonyl (C=O) groups excluding carboxylic acids is 2.